The van der Waals surface area contributed by atoms with Crippen LogP contribution in [0.3, 0.4) is 0 Å². The van der Waals surface area contributed by atoms with Gasteiger partial charge in [-0.15, -0.1) is 0 Å². The molecule has 0 aromatic carbocycles. The fourth-order valence-corrected chi connectivity index (χ4v) is 6.76. The van der Waals surface area contributed by atoms with Crippen molar-refractivity contribution in [3.8, 4) is 0 Å². The van der Waals surface area contributed by atoms with E-state index in [-0.39, 0.29) is 32.1 Å². The number of esters is 2. The van der Waals surface area contributed by atoms with Crippen LogP contribution >= 0.6 is 15.6 Å². The highest BCUT2D eigenvalue weighted by molar-refractivity contribution is 7.47. The largest absolute Gasteiger partial charge is 0.472 e. The van der Waals surface area contributed by atoms with E-state index in [4.69, 9.17) is 23.8 Å². The first-order valence-electron chi connectivity index (χ1n) is 22.1. The fraction of sp³-hybridized carbons (Fsp3) is 0.727. The molecule has 6 N–H and O–H groups in total. The Hall–Kier alpha value is -2.26. The van der Waals surface area contributed by atoms with Gasteiger partial charge in [0.05, 0.1) is 32.0 Å². The van der Waals surface area contributed by atoms with Crippen molar-refractivity contribution in [2.24, 2.45) is 0 Å². The minimum absolute atomic E-state index is 0.0632. The normalized spacial score (nSPS) is 15.6. The minimum Gasteiger partial charge on any atom is -0.462 e. The molecule has 15 nitrogen and oxygen atoms in total. The summed E-state index contributed by atoms with van der Waals surface area (Å²) in [5, 5.41) is 30.4. The number of aliphatic hydroxyl groups is 3. The lowest BCUT2D eigenvalue weighted by Crippen LogP contribution is -2.30. The van der Waals surface area contributed by atoms with Crippen LogP contribution in [-0.2, 0) is 41.8 Å². The van der Waals surface area contributed by atoms with Gasteiger partial charge in [-0.3, -0.25) is 23.2 Å². The first kappa shape index (κ1) is 58.7. The highest BCUT2D eigenvalue weighted by Crippen LogP contribution is 2.43. The number of hydrogen-bond acceptors (Lipinski definition) is 12. The second kappa shape index (κ2) is 39.3. The van der Waals surface area contributed by atoms with E-state index >= 15 is 0 Å². The molecule has 0 saturated heterocycles. The van der Waals surface area contributed by atoms with Crippen LogP contribution < -0.4 is 0 Å². The number of carbonyl (C=O) groups is 2. The third kappa shape index (κ3) is 41.5. The van der Waals surface area contributed by atoms with Gasteiger partial charge in [0.2, 0.25) is 0 Å². The van der Waals surface area contributed by atoms with Crippen molar-refractivity contribution in [1.82, 2.24) is 0 Å². The van der Waals surface area contributed by atoms with Gasteiger partial charge in [-0.25, -0.2) is 9.13 Å². The molecule has 0 heterocycles. The zero-order chi connectivity index (χ0) is 45.5. The molecule has 0 aromatic heterocycles. The first-order valence-corrected chi connectivity index (χ1v) is 25.2. The molecule has 5 atom stereocenters. The van der Waals surface area contributed by atoms with Crippen LogP contribution in [0.1, 0.15) is 155 Å². The van der Waals surface area contributed by atoms with E-state index in [0.29, 0.717) is 12.8 Å². The number of unbranched alkanes of at least 4 members (excludes halogenated alkanes) is 11. The van der Waals surface area contributed by atoms with Crippen LogP contribution in [0.5, 0.6) is 0 Å². The molecule has 0 aromatic rings. The Labute approximate surface area is 365 Å². The highest BCUT2D eigenvalue weighted by atomic mass is 31.2. The van der Waals surface area contributed by atoms with Crippen LogP contribution in [0.4, 0.5) is 0 Å². The lowest BCUT2D eigenvalue weighted by atomic mass is 10.0. The van der Waals surface area contributed by atoms with Crippen molar-refractivity contribution in [2.45, 2.75) is 180 Å². The van der Waals surface area contributed by atoms with Gasteiger partial charge < -0.3 is 39.5 Å². The zero-order valence-corrected chi connectivity index (χ0v) is 38.5. The number of carbonyl (C=O) groups excluding carboxylic acids is 2. The van der Waals surface area contributed by atoms with E-state index in [9.17, 15) is 38.9 Å². The molecular formula is C44H78O15P2. The van der Waals surface area contributed by atoms with Crippen molar-refractivity contribution in [2.75, 3.05) is 26.4 Å². The predicted molar refractivity (Wildman–Crippen MR) is 237 cm³/mol. The van der Waals surface area contributed by atoms with Gasteiger partial charge >= 0.3 is 27.6 Å². The number of phosphoric acid groups is 2. The van der Waals surface area contributed by atoms with Gasteiger partial charge in [-0.05, 0) is 77.0 Å². The Balaban J connectivity index is 4.75. The van der Waals surface area contributed by atoms with E-state index in [0.717, 1.165) is 70.6 Å². The predicted octanol–water partition coefficient (Wildman–Crippen LogP) is 9.17. The Bertz CT molecular complexity index is 1340. The monoisotopic (exact) mass is 908 g/mol. The molecule has 17 heteroatoms. The molecule has 61 heavy (non-hydrogen) atoms. The van der Waals surface area contributed by atoms with E-state index in [2.05, 4.69) is 65.4 Å². The van der Waals surface area contributed by atoms with Gasteiger partial charge in [0.1, 0.15) is 12.7 Å². The van der Waals surface area contributed by atoms with Crippen molar-refractivity contribution in [3.63, 3.8) is 0 Å². The molecular weight excluding hydrogens is 830 g/mol. The maximum Gasteiger partial charge on any atom is 0.472 e. The average Bonchev–Trinajstić information content (AvgIpc) is 3.21. The van der Waals surface area contributed by atoms with Gasteiger partial charge in [0.15, 0.2) is 6.10 Å². The molecule has 0 spiro atoms. The van der Waals surface area contributed by atoms with E-state index < -0.39 is 78.4 Å². The van der Waals surface area contributed by atoms with Crippen LogP contribution in [0.25, 0.3) is 0 Å². The zero-order valence-electron chi connectivity index (χ0n) is 36.7. The lowest BCUT2D eigenvalue weighted by molar-refractivity contribution is -0.161. The Kier molecular flexibility index (Phi) is 37.9. The Morgan fingerprint density at radius 2 is 1.05 bits per heavy atom. The summed E-state index contributed by atoms with van der Waals surface area (Å²) in [5.74, 6) is -1.33. The number of allylic oxidation sites excluding steroid dienone is 9. The number of phosphoric ester groups is 2. The number of hydrogen-bond donors (Lipinski definition) is 6. The number of aliphatic hydroxyl groups excluding tert-OH is 3. The topological polar surface area (TPSA) is 236 Å². The first-order chi connectivity index (χ1) is 29.2. The third-order valence-corrected chi connectivity index (χ3v) is 10.5. The molecule has 0 saturated carbocycles. The lowest BCUT2D eigenvalue weighted by Gasteiger charge is -2.20. The second-order valence-corrected chi connectivity index (χ2v) is 17.6. The number of ether oxygens (including phenoxy) is 2. The molecule has 1 unspecified atom stereocenters. The molecule has 0 aliphatic heterocycles. The van der Waals surface area contributed by atoms with Crippen molar-refractivity contribution in [1.29, 1.82) is 0 Å². The van der Waals surface area contributed by atoms with E-state index in [1.54, 1.807) is 6.08 Å². The summed E-state index contributed by atoms with van der Waals surface area (Å²) in [6.07, 6.45) is 33.8. The molecule has 0 amide bonds. The average molecular weight is 909 g/mol. The van der Waals surface area contributed by atoms with Crippen LogP contribution in [0.2, 0.25) is 0 Å². The Morgan fingerprint density at radius 1 is 0.541 bits per heavy atom. The van der Waals surface area contributed by atoms with Crippen LogP contribution in [0, 0.1) is 0 Å². The van der Waals surface area contributed by atoms with E-state index in [1.165, 1.54) is 25.7 Å². The molecule has 0 bridgehead atoms. The highest BCUT2D eigenvalue weighted by Gasteiger charge is 2.28. The summed E-state index contributed by atoms with van der Waals surface area (Å²) >= 11 is 0. The maximum absolute atomic E-state index is 12.7. The van der Waals surface area contributed by atoms with Crippen molar-refractivity contribution in [3.05, 3.63) is 60.8 Å². The summed E-state index contributed by atoms with van der Waals surface area (Å²) in [4.78, 5) is 52.8. The minimum atomic E-state index is -4.90. The van der Waals surface area contributed by atoms with E-state index in [1.807, 2.05) is 12.2 Å². The summed E-state index contributed by atoms with van der Waals surface area (Å²) in [6, 6.07) is 0. The SMILES string of the molecule is CC/C=C\C/C=C\C/C=C\C/C=C\C[C@H](O)[C@@H](O)CCCC(=O)OC[C@H](COP(=O)(O)OC[C@@H](O)COP(=O)(O)O)OC(=O)CCCCCCCCC/C=C\CCCCCC. The number of rotatable bonds is 41. The fourth-order valence-electron chi connectivity index (χ4n) is 5.61. The quantitative estimate of drug-likeness (QED) is 0.0145. The Morgan fingerprint density at radius 3 is 1.64 bits per heavy atom. The summed E-state index contributed by atoms with van der Waals surface area (Å²) < 4.78 is 47.6. The smallest absolute Gasteiger partial charge is 0.462 e. The van der Waals surface area contributed by atoms with Crippen LogP contribution in [-0.4, -0.2) is 92.8 Å². The van der Waals surface area contributed by atoms with Crippen molar-refractivity contribution >= 4 is 27.6 Å². The van der Waals surface area contributed by atoms with Crippen LogP contribution in [0.15, 0.2) is 60.8 Å². The molecule has 0 radical (unpaired) electrons. The summed E-state index contributed by atoms with van der Waals surface area (Å²) in [5.41, 5.74) is 0. The molecule has 0 fully saturated rings. The molecule has 0 rings (SSSR count). The standard InChI is InChI=1S/C44H78O15P2/c1-3-5-7-9-11-13-15-17-18-19-21-23-25-27-29-33-44(49)59-40(38-58-61(53,54)57-36-39(45)35-56-60(50,51)52)37-55-43(48)34-30-32-42(47)41(46)31-28-26-24-22-20-16-14-12-10-8-6-4-2/h6,8,12-15,20,22,26,28,39-42,45-47H,3-5,7,9-11,16-19,21,23-25,27,29-38H2,1-2H3,(H,53,54)(H2,50,51,52)/b8-6-,14-12-,15-13-,22-20-,28-26-/t39-,40+,41-,42-/m0/s1. The summed E-state index contributed by atoms with van der Waals surface area (Å²) in [7, 11) is -9.77. The second-order valence-electron chi connectivity index (χ2n) is 14.9. The van der Waals surface area contributed by atoms with Gasteiger partial charge in [0, 0.05) is 12.8 Å². The van der Waals surface area contributed by atoms with Gasteiger partial charge in [0.25, 0.3) is 0 Å². The van der Waals surface area contributed by atoms with Gasteiger partial charge in [-0.1, -0.05) is 126 Å². The van der Waals surface area contributed by atoms with Crippen molar-refractivity contribution < 1.29 is 71.8 Å². The molecule has 354 valence electrons. The third-order valence-electron chi connectivity index (χ3n) is 9.08. The van der Waals surface area contributed by atoms with Gasteiger partial charge in [-0.2, -0.15) is 0 Å². The molecule has 0 aliphatic carbocycles. The maximum atomic E-state index is 12.7. The summed E-state index contributed by atoms with van der Waals surface area (Å²) in [6.45, 7) is 1.29. The molecule has 0 aliphatic rings.